The second-order valence-electron chi connectivity index (χ2n) is 0.495. The van der Waals surface area contributed by atoms with E-state index in [9.17, 15) is 0 Å². The average Bonchev–Trinajstić information content (AvgIpc) is 1.33. The molecule has 0 atom stereocenters. The predicted molar refractivity (Wildman–Crippen MR) is 30.5 cm³/mol. The van der Waals surface area contributed by atoms with Gasteiger partial charge in [-0.2, -0.15) is 0 Å². The Hall–Kier alpha value is 1.31. The van der Waals surface area contributed by atoms with Crippen LogP contribution in [0.3, 0.4) is 0 Å². The molecule has 0 fully saturated rings. The first-order valence-corrected chi connectivity index (χ1v) is 7.39. The molecule has 0 aliphatic heterocycles. The number of carboxylic acids is 1. The van der Waals surface area contributed by atoms with E-state index < -0.39 is 36.8 Å². The topological polar surface area (TPSA) is 37.3 Å². The molecule has 1 N–H and O–H groups in total. The van der Waals surface area contributed by atoms with Crippen LogP contribution in [0.5, 0.6) is 0 Å². The Bertz CT molecular complexity index is 45.0. The molecule has 0 aromatic rings. The van der Waals surface area contributed by atoms with Gasteiger partial charge in [-0.1, -0.05) is 0 Å². The Labute approximate surface area is 65.5 Å². The maximum atomic E-state index is 8.89. The number of carboxylic acid groups (broad SMARTS) is 1. The van der Waals surface area contributed by atoms with E-state index in [-0.39, 0.29) is 0 Å². The molecule has 0 aliphatic rings. The van der Waals surface area contributed by atoms with Crippen molar-refractivity contribution >= 4 is 49.6 Å². The Morgan fingerprint density at radius 1 is 1.71 bits per heavy atom. The zero-order valence-corrected chi connectivity index (χ0v) is 7.25. The third-order valence-corrected chi connectivity index (χ3v) is 0. The van der Waals surface area contributed by atoms with Crippen LogP contribution in [0, 0.1) is 6.92 Å². The van der Waals surface area contributed by atoms with Crippen molar-refractivity contribution in [2.75, 3.05) is 0 Å². The number of aliphatic carboxylic acids is 1. The zero-order chi connectivity index (χ0) is 6.28. The van der Waals surface area contributed by atoms with Gasteiger partial charge in [0.25, 0.3) is 0 Å². The quantitative estimate of drug-likeness (QED) is 0.548. The summed E-state index contributed by atoms with van der Waals surface area (Å²) in [4.78, 5) is 8.89. The van der Waals surface area contributed by atoms with Crippen LogP contribution < -0.4 is 0 Å². The summed E-state index contributed by atoms with van der Waals surface area (Å²) in [6.07, 6.45) is 9.90. The fourth-order valence-corrected chi connectivity index (χ4v) is 0. The Balaban J connectivity index is 0. The van der Waals surface area contributed by atoms with Crippen molar-refractivity contribution in [3.63, 3.8) is 0 Å². The van der Waals surface area contributed by atoms with Crippen LogP contribution in [-0.4, -0.2) is 41.9 Å². The molecular formula is C2H3CaCl2O2. The molecule has 0 heterocycles. The van der Waals surface area contributed by atoms with Crippen LogP contribution in [0.1, 0.15) is 0 Å². The molecule has 0 rings (SSSR count). The standard InChI is InChI=1S/C2H3O2.Ca.2ClH/c1-2(3)4;;;/h1H2,(H,3,4);;2*1H/q;+2;;/p-2. The number of carbonyl (C=O) groups is 1. The van der Waals surface area contributed by atoms with Gasteiger partial charge in [-0.3, -0.25) is 4.79 Å². The molecule has 0 saturated carbocycles. The van der Waals surface area contributed by atoms with E-state index in [1.807, 2.05) is 0 Å². The Morgan fingerprint density at radius 2 is 1.71 bits per heavy atom. The molecule has 7 heavy (non-hydrogen) atoms. The molecule has 0 saturated heterocycles. The monoisotopic (exact) mass is 169 g/mol. The average molecular weight is 170 g/mol. The van der Waals surface area contributed by atoms with Crippen molar-refractivity contribution in [3.8, 4) is 0 Å². The third kappa shape index (κ3) is 120. The molecule has 0 aromatic heterocycles. The first-order valence-electron chi connectivity index (χ1n) is 1.32. The van der Waals surface area contributed by atoms with E-state index in [1.165, 1.54) is 0 Å². The van der Waals surface area contributed by atoms with Crippen molar-refractivity contribution in [2.24, 2.45) is 0 Å². The first kappa shape index (κ1) is 11.2. The number of halogens is 2. The fraction of sp³-hybridized carbons (Fsp3) is 0. The van der Waals surface area contributed by atoms with Crippen LogP contribution in [0.2, 0.25) is 0 Å². The van der Waals surface area contributed by atoms with Gasteiger partial charge in [0.05, 0.1) is 6.92 Å². The normalized spacial score (nSPS) is 5.00. The molecule has 0 bridgehead atoms. The van der Waals surface area contributed by atoms with Crippen LogP contribution >= 0.6 is 12.8 Å². The van der Waals surface area contributed by atoms with Crippen molar-refractivity contribution in [3.05, 3.63) is 6.92 Å². The van der Waals surface area contributed by atoms with Gasteiger partial charge in [0.1, 0.15) is 0 Å². The summed E-state index contributed by atoms with van der Waals surface area (Å²) < 4.78 is 0. The molecule has 0 aromatic carbocycles. The van der Waals surface area contributed by atoms with Crippen molar-refractivity contribution in [1.29, 1.82) is 0 Å². The molecule has 0 amide bonds. The molecule has 0 unspecified atom stereocenters. The number of rotatable bonds is 0. The summed E-state index contributed by atoms with van der Waals surface area (Å²) in [6, 6.07) is 0. The number of hydrogen-bond donors (Lipinski definition) is 1. The van der Waals surface area contributed by atoms with Crippen LogP contribution in [0.4, 0.5) is 0 Å². The van der Waals surface area contributed by atoms with Crippen LogP contribution in [0.25, 0.3) is 0 Å². The SMILES string of the molecule is [CH2]C(=O)O.[Cl][Ca][Cl]. The van der Waals surface area contributed by atoms with E-state index >= 15 is 0 Å². The van der Waals surface area contributed by atoms with Crippen molar-refractivity contribution in [2.45, 2.75) is 0 Å². The van der Waals surface area contributed by atoms with Gasteiger partial charge < -0.3 is 5.11 Å². The molecule has 5 heteroatoms. The number of hydrogen-bond acceptors (Lipinski definition) is 1. The van der Waals surface area contributed by atoms with Gasteiger partial charge in [-0.05, 0) is 0 Å². The van der Waals surface area contributed by atoms with E-state index in [0.29, 0.717) is 0 Å². The second kappa shape index (κ2) is 10.3. The summed E-state index contributed by atoms with van der Waals surface area (Å²) in [7, 11) is 0. The van der Waals surface area contributed by atoms with E-state index in [2.05, 4.69) is 6.92 Å². The van der Waals surface area contributed by atoms with Gasteiger partial charge in [-0.25, -0.2) is 0 Å². The Kier molecular flexibility index (Phi) is 16.4. The Morgan fingerprint density at radius 3 is 1.71 bits per heavy atom. The summed E-state index contributed by atoms with van der Waals surface area (Å²) >= 11 is -0.931. The van der Waals surface area contributed by atoms with E-state index in [1.54, 1.807) is 0 Å². The molecule has 2 nitrogen and oxygen atoms in total. The van der Waals surface area contributed by atoms with Gasteiger partial charge >= 0.3 is 49.6 Å². The summed E-state index contributed by atoms with van der Waals surface area (Å²) in [5, 5.41) is 7.31. The van der Waals surface area contributed by atoms with E-state index in [0.717, 1.165) is 0 Å². The van der Waals surface area contributed by atoms with E-state index in [4.69, 9.17) is 22.7 Å². The van der Waals surface area contributed by atoms with Gasteiger partial charge in [0.15, 0.2) is 0 Å². The minimum atomic E-state index is -1.08. The minimum absolute atomic E-state index is 0.931. The first-order chi connectivity index (χ1) is 3.15. The zero-order valence-electron chi connectivity index (χ0n) is 3.53. The fourth-order valence-electron chi connectivity index (χ4n) is 0. The summed E-state index contributed by atoms with van der Waals surface area (Å²) in [5.41, 5.74) is 0. The molecule has 0 spiro atoms. The summed E-state index contributed by atoms with van der Waals surface area (Å²) in [6.45, 7) is 2.56. The summed E-state index contributed by atoms with van der Waals surface area (Å²) in [5.74, 6) is -1.08. The van der Waals surface area contributed by atoms with Gasteiger partial charge in [-0.15, -0.1) is 0 Å². The molecule has 0 aliphatic carbocycles. The van der Waals surface area contributed by atoms with Gasteiger partial charge in [0.2, 0.25) is 0 Å². The predicted octanol–water partition coefficient (Wildman–Crippen LogP) is 0.903. The van der Waals surface area contributed by atoms with Crippen molar-refractivity contribution < 1.29 is 9.90 Å². The van der Waals surface area contributed by atoms with Gasteiger partial charge in [0, 0.05) is 0 Å². The molecular weight excluding hydrogens is 167 g/mol. The molecule has 39 valence electrons. The van der Waals surface area contributed by atoms with Crippen molar-refractivity contribution in [1.82, 2.24) is 0 Å². The maximum absolute atomic E-state index is 8.89. The molecule has 1 radical (unpaired) electrons. The third-order valence-electron chi connectivity index (χ3n) is 0. The van der Waals surface area contributed by atoms with Crippen LogP contribution in [0.15, 0.2) is 0 Å². The second-order valence-corrected chi connectivity index (χ2v) is 4.14. The van der Waals surface area contributed by atoms with Crippen LogP contribution in [-0.2, 0) is 4.79 Å².